The van der Waals surface area contributed by atoms with Crippen molar-refractivity contribution in [1.82, 2.24) is 0 Å². The molecule has 3 aliphatic carbocycles. The highest BCUT2D eigenvalue weighted by atomic mass is 16.2. The number of carbonyl (C=O) groups excluding carboxylic acids is 2. The molecule has 134 valence electrons. The zero-order valence-electron chi connectivity index (χ0n) is 15.2. The summed E-state index contributed by atoms with van der Waals surface area (Å²) in [6.45, 7) is 1.99. The number of hydrogen-bond donors (Lipinski definition) is 0. The van der Waals surface area contributed by atoms with E-state index >= 15 is 0 Å². The van der Waals surface area contributed by atoms with Crippen LogP contribution in [0.4, 0.5) is 5.69 Å². The van der Waals surface area contributed by atoms with Crippen LogP contribution in [0.3, 0.4) is 0 Å². The third-order valence-electron chi connectivity index (χ3n) is 7.45. The minimum absolute atomic E-state index is 0.00513. The molecule has 3 heteroatoms. The van der Waals surface area contributed by atoms with E-state index < -0.39 is 0 Å². The van der Waals surface area contributed by atoms with Crippen molar-refractivity contribution < 1.29 is 9.59 Å². The highest BCUT2D eigenvalue weighted by molar-refractivity contribution is 6.23. The minimum atomic E-state index is -0.179. The molecule has 2 aromatic rings. The summed E-state index contributed by atoms with van der Waals surface area (Å²) in [6, 6.07) is 18.3. The molecule has 1 heterocycles. The summed E-state index contributed by atoms with van der Waals surface area (Å²) < 4.78 is 0. The van der Waals surface area contributed by atoms with Crippen molar-refractivity contribution in [3.05, 3.63) is 77.9 Å². The van der Waals surface area contributed by atoms with Gasteiger partial charge < -0.3 is 0 Å². The molecule has 1 saturated heterocycles. The number of fused-ring (bicyclic) bond motifs is 3. The van der Waals surface area contributed by atoms with Crippen LogP contribution >= 0.6 is 0 Å². The van der Waals surface area contributed by atoms with Crippen LogP contribution in [0.15, 0.2) is 66.7 Å². The highest BCUT2D eigenvalue weighted by Crippen LogP contribution is 2.79. The lowest BCUT2D eigenvalue weighted by Gasteiger charge is -2.23. The van der Waals surface area contributed by atoms with Crippen LogP contribution in [0, 0.1) is 36.0 Å². The average molecular weight is 355 g/mol. The third kappa shape index (κ3) is 1.77. The molecule has 27 heavy (non-hydrogen) atoms. The molecule has 2 amide bonds. The molecule has 0 radical (unpaired) electrons. The van der Waals surface area contributed by atoms with Gasteiger partial charge in [0.25, 0.3) is 0 Å². The minimum Gasteiger partial charge on any atom is -0.274 e. The standard InChI is InChI=1S/C24H21NO2/c1-14-6-5-9-16(12-14)25-22(26)20-17-10-11-18(21(20)23(25)27)24(17)13-19(24)15-7-3-2-4-8-15/h2-12,17-21H,13H2,1H3/t17-,18+,19-,20-,21+,24?/m1/s1. The van der Waals surface area contributed by atoms with E-state index in [1.165, 1.54) is 10.5 Å². The van der Waals surface area contributed by atoms with Gasteiger partial charge in [0.15, 0.2) is 0 Å². The van der Waals surface area contributed by atoms with Gasteiger partial charge >= 0.3 is 0 Å². The lowest BCUT2D eigenvalue weighted by molar-refractivity contribution is -0.123. The van der Waals surface area contributed by atoms with Crippen molar-refractivity contribution in [3.8, 4) is 0 Å². The fourth-order valence-electron chi connectivity index (χ4n) is 6.36. The van der Waals surface area contributed by atoms with E-state index in [0.29, 0.717) is 5.92 Å². The number of rotatable bonds is 2. The van der Waals surface area contributed by atoms with E-state index in [0.717, 1.165) is 17.7 Å². The van der Waals surface area contributed by atoms with Crippen LogP contribution in [0.1, 0.15) is 23.5 Å². The van der Waals surface area contributed by atoms with Crippen LogP contribution in [0.5, 0.6) is 0 Å². The molecule has 2 bridgehead atoms. The Morgan fingerprint density at radius 3 is 2.19 bits per heavy atom. The molecular weight excluding hydrogens is 334 g/mol. The Morgan fingerprint density at radius 2 is 1.56 bits per heavy atom. The molecule has 1 aliphatic heterocycles. The van der Waals surface area contributed by atoms with E-state index in [1.807, 2.05) is 37.3 Å². The highest BCUT2D eigenvalue weighted by Gasteiger charge is 2.77. The summed E-state index contributed by atoms with van der Waals surface area (Å²) in [5.74, 6) is 0.523. The number of anilines is 1. The SMILES string of the molecule is Cc1cccc(N2C(=O)[C@@H]3[C@H](C2=O)[C@H]2C=C[C@@H]3C23C[C@@H]3c2ccccc2)c1. The Hall–Kier alpha value is -2.68. The van der Waals surface area contributed by atoms with Crippen LogP contribution in [-0.2, 0) is 9.59 Å². The molecule has 3 nitrogen and oxygen atoms in total. The largest absolute Gasteiger partial charge is 0.274 e. The Bertz CT molecular complexity index is 976. The third-order valence-corrected chi connectivity index (χ3v) is 7.45. The number of imide groups is 1. The molecule has 0 aromatic heterocycles. The maximum Gasteiger partial charge on any atom is 0.238 e. The monoisotopic (exact) mass is 355 g/mol. The van der Waals surface area contributed by atoms with Gasteiger partial charge in [-0.1, -0.05) is 54.6 Å². The molecule has 0 N–H and O–H groups in total. The second kappa shape index (κ2) is 4.98. The van der Waals surface area contributed by atoms with E-state index in [9.17, 15) is 9.59 Å². The summed E-state index contributed by atoms with van der Waals surface area (Å²) in [5, 5.41) is 0. The number of nitrogens with zero attached hydrogens (tertiary/aromatic N) is 1. The van der Waals surface area contributed by atoms with Gasteiger partial charge in [-0.15, -0.1) is 0 Å². The van der Waals surface area contributed by atoms with E-state index in [4.69, 9.17) is 0 Å². The van der Waals surface area contributed by atoms with Gasteiger partial charge in [-0.3, -0.25) is 14.5 Å². The second-order valence-electron chi connectivity index (χ2n) is 8.62. The summed E-state index contributed by atoms with van der Waals surface area (Å²) in [5.41, 5.74) is 3.24. The predicted molar refractivity (Wildman–Crippen MR) is 103 cm³/mol. The van der Waals surface area contributed by atoms with Crippen molar-refractivity contribution in [1.29, 1.82) is 0 Å². The Morgan fingerprint density at radius 1 is 0.889 bits per heavy atom. The normalized spacial score (nSPS) is 38.1. The lowest BCUT2D eigenvalue weighted by Crippen LogP contribution is -2.35. The molecule has 6 atom stereocenters. The van der Waals surface area contributed by atoms with Crippen molar-refractivity contribution in [2.75, 3.05) is 4.90 Å². The number of carbonyl (C=O) groups is 2. The molecule has 2 aromatic carbocycles. The van der Waals surface area contributed by atoms with E-state index in [1.54, 1.807) is 0 Å². The van der Waals surface area contributed by atoms with E-state index in [2.05, 4.69) is 36.4 Å². The van der Waals surface area contributed by atoms with Crippen LogP contribution in [0.25, 0.3) is 0 Å². The molecule has 4 aliphatic rings. The predicted octanol–water partition coefficient (Wildman–Crippen LogP) is 4.09. The van der Waals surface area contributed by atoms with Crippen molar-refractivity contribution in [2.45, 2.75) is 19.3 Å². The first kappa shape index (κ1) is 15.4. The molecular formula is C24H21NO2. The van der Waals surface area contributed by atoms with Crippen molar-refractivity contribution in [2.24, 2.45) is 29.1 Å². The Labute approximate surface area is 158 Å². The van der Waals surface area contributed by atoms with Crippen LogP contribution in [0.2, 0.25) is 0 Å². The smallest absolute Gasteiger partial charge is 0.238 e. The zero-order chi connectivity index (χ0) is 18.3. The fraction of sp³-hybridized carbons (Fsp3) is 0.333. The van der Waals surface area contributed by atoms with Gasteiger partial charge in [-0.05, 0) is 59.8 Å². The summed E-state index contributed by atoms with van der Waals surface area (Å²) in [7, 11) is 0. The van der Waals surface area contributed by atoms with Crippen LogP contribution < -0.4 is 4.90 Å². The average Bonchev–Trinajstić information content (AvgIpc) is 3.15. The summed E-state index contributed by atoms with van der Waals surface area (Å²) in [6.07, 6.45) is 5.57. The van der Waals surface area contributed by atoms with Gasteiger partial charge in [0.2, 0.25) is 11.8 Å². The summed E-state index contributed by atoms with van der Waals surface area (Å²) in [4.78, 5) is 28.1. The molecule has 2 saturated carbocycles. The number of hydrogen-bond acceptors (Lipinski definition) is 2. The lowest BCUT2D eigenvalue weighted by atomic mass is 9.85. The van der Waals surface area contributed by atoms with Crippen molar-refractivity contribution >= 4 is 17.5 Å². The zero-order valence-corrected chi connectivity index (χ0v) is 15.2. The van der Waals surface area contributed by atoms with Gasteiger partial charge in [-0.2, -0.15) is 0 Å². The molecule has 1 spiro atoms. The van der Waals surface area contributed by atoms with Gasteiger partial charge in [-0.25, -0.2) is 0 Å². The van der Waals surface area contributed by atoms with Gasteiger partial charge in [0.1, 0.15) is 0 Å². The Balaban J connectivity index is 1.37. The first-order chi connectivity index (χ1) is 13.1. The first-order valence-electron chi connectivity index (χ1n) is 9.80. The fourth-order valence-corrected chi connectivity index (χ4v) is 6.36. The molecule has 3 fully saturated rings. The maximum atomic E-state index is 13.3. The quantitative estimate of drug-likeness (QED) is 0.601. The topological polar surface area (TPSA) is 37.4 Å². The first-order valence-corrected chi connectivity index (χ1v) is 9.80. The number of aryl methyl sites for hydroxylation is 1. The van der Waals surface area contributed by atoms with Crippen molar-refractivity contribution in [3.63, 3.8) is 0 Å². The molecule has 6 rings (SSSR count). The summed E-state index contributed by atoms with van der Waals surface area (Å²) >= 11 is 0. The van der Waals surface area contributed by atoms with Gasteiger partial charge in [0.05, 0.1) is 17.5 Å². The second-order valence-corrected chi connectivity index (χ2v) is 8.62. The maximum absolute atomic E-state index is 13.3. The van der Waals surface area contributed by atoms with Gasteiger partial charge in [0, 0.05) is 0 Å². The Kier molecular flexibility index (Phi) is 2.84. The number of amides is 2. The van der Waals surface area contributed by atoms with E-state index in [-0.39, 0.29) is 40.9 Å². The number of allylic oxidation sites excluding steroid dienone is 2. The molecule has 1 unspecified atom stereocenters. The number of benzene rings is 2. The van der Waals surface area contributed by atoms with Crippen LogP contribution in [-0.4, -0.2) is 11.8 Å².